The van der Waals surface area contributed by atoms with Gasteiger partial charge in [-0.05, 0) is 51.3 Å². The summed E-state index contributed by atoms with van der Waals surface area (Å²) in [7, 11) is 1.66. The first-order valence-electron chi connectivity index (χ1n) is 11.0. The summed E-state index contributed by atoms with van der Waals surface area (Å²) in [5.74, 6) is -1.18. The van der Waals surface area contributed by atoms with E-state index < -0.39 is 23.5 Å². The number of rotatable bonds is 9. The zero-order valence-corrected chi connectivity index (χ0v) is 19.5. The van der Waals surface area contributed by atoms with Crippen molar-refractivity contribution in [3.05, 3.63) is 34.2 Å². The lowest BCUT2D eigenvalue weighted by atomic mass is 10.1. The van der Waals surface area contributed by atoms with Crippen LogP contribution >= 0.6 is 0 Å². The molecule has 10 heteroatoms. The highest BCUT2D eigenvalue weighted by Gasteiger charge is 2.31. The highest BCUT2D eigenvalue weighted by molar-refractivity contribution is 6.00. The summed E-state index contributed by atoms with van der Waals surface area (Å²) in [6.07, 6.45) is 1.13. The van der Waals surface area contributed by atoms with Gasteiger partial charge in [-0.15, -0.1) is 0 Å². The van der Waals surface area contributed by atoms with Gasteiger partial charge in [0.05, 0.1) is 30.9 Å². The molecule has 180 valence electrons. The Morgan fingerprint density at radius 3 is 2.52 bits per heavy atom. The zero-order chi connectivity index (χ0) is 24.2. The Morgan fingerprint density at radius 1 is 1.09 bits per heavy atom. The van der Waals surface area contributed by atoms with Crippen LogP contribution in [0.5, 0.6) is 0 Å². The fraction of sp³-hybridized carbons (Fsp3) is 0.565. The van der Waals surface area contributed by atoms with Gasteiger partial charge in [0.25, 0.3) is 0 Å². The van der Waals surface area contributed by atoms with Crippen LogP contribution in [0.25, 0.3) is 11.0 Å². The van der Waals surface area contributed by atoms with E-state index in [4.69, 9.17) is 14.2 Å². The van der Waals surface area contributed by atoms with Gasteiger partial charge in [-0.1, -0.05) is 6.07 Å². The second kappa shape index (κ2) is 10.3. The fourth-order valence-electron chi connectivity index (χ4n) is 3.73. The van der Waals surface area contributed by atoms with E-state index in [1.54, 1.807) is 27.8 Å². The Labute approximate surface area is 191 Å². The summed E-state index contributed by atoms with van der Waals surface area (Å²) in [6, 6.07) is 4.92. The van der Waals surface area contributed by atoms with Crippen LogP contribution in [0.15, 0.2) is 23.0 Å². The maximum absolute atomic E-state index is 12.8. The minimum Gasteiger partial charge on any atom is -0.458 e. The number of piperidine rings is 1. The Balaban J connectivity index is 1.52. The third-order valence-electron chi connectivity index (χ3n) is 5.22. The van der Waals surface area contributed by atoms with Gasteiger partial charge < -0.3 is 14.2 Å². The predicted octanol–water partition coefficient (Wildman–Crippen LogP) is 1.24. The number of nitrogens with one attached hydrogen (secondary N) is 1. The van der Waals surface area contributed by atoms with Crippen LogP contribution in [-0.4, -0.2) is 58.9 Å². The highest BCUT2D eigenvalue weighted by Crippen LogP contribution is 2.23. The molecule has 1 aromatic heterocycles. The molecule has 1 fully saturated rings. The van der Waals surface area contributed by atoms with E-state index in [9.17, 15) is 19.2 Å². The third-order valence-corrected chi connectivity index (χ3v) is 5.22. The van der Waals surface area contributed by atoms with Crippen molar-refractivity contribution < 1.29 is 28.6 Å². The Hall–Kier alpha value is -2.98. The minimum absolute atomic E-state index is 0.116. The van der Waals surface area contributed by atoms with Gasteiger partial charge in [-0.25, -0.2) is 9.59 Å². The SMILES string of the molecule is Cn1c(=O)n(C2CCC(=O)NC2=O)c2ccc(CCOCCOCC(=O)OC(C)(C)C)cc21. The van der Waals surface area contributed by atoms with Gasteiger partial charge in [-0.2, -0.15) is 0 Å². The van der Waals surface area contributed by atoms with E-state index in [-0.39, 0.29) is 31.2 Å². The molecule has 1 atom stereocenters. The molecule has 0 saturated carbocycles. The van der Waals surface area contributed by atoms with Gasteiger partial charge in [0.15, 0.2) is 0 Å². The molecule has 2 heterocycles. The van der Waals surface area contributed by atoms with Crippen LogP contribution in [0, 0.1) is 0 Å². The first-order chi connectivity index (χ1) is 15.6. The van der Waals surface area contributed by atoms with E-state index in [0.717, 1.165) is 5.56 Å². The quantitative estimate of drug-likeness (QED) is 0.339. The molecule has 1 aliphatic heterocycles. The average molecular weight is 462 g/mol. The number of hydrogen-bond acceptors (Lipinski definition) is 7. The topological polar surface area (TPSA) is 118 Å². The molecule has 3 rings (SSSR count). The molecule has 0 spiro atoms. The molecule has 2 amide bonds. The number of carbonyl (C=O) groups is 3. The van der Waals surface area contributed by atoms with E-state index in [0.29, 0.717) is 37.1 Å². The molecule has 1 N–H and O–H groups in total. The van der Waals surface area contributed by atoms with Crippen molar-refractivity contribution in [3.8, 4) is 0 Å². The lowest BCUT2D eigenvalue weighted by Crippen LogP contribution is -2.44. The Kier molecular flexibility index (Phi) is 7.70. The van der Waals surface area contributed by atoms with Crippen LogP contribution in [-0.2, 0) is 42.1 Å². The summed E-state index contributed by atoms with van der Waals surface area (Å²) in [4.78, 5) is 48.1. The molecule has 33 heavy (non-hydrogen) atoms. The number of amides is 2. The van der Waals surface area contributed by atoms with Crippen LogP contribution in [0.3, 0.4) is 0 Å². The predicted molar refractivity (Wildman–Crippen MR) is 120 cm³/mol. The number of aromatic nitrogens is 2. The normalized spacial score (nSPS) is 16.8. The number of imide groups is 1. The minimum atomic E-state index is -0.700. The van der Waals surface area contributed by atoms with Gasteiger partial charge >= 0.3 is 11.7 Å². The van der Waals surface area contributed by atoms with E-state index in [1.807, 2.05) is 18.2 Å². The Morgan fingerprint density at radius 2 is 1.82 bits per heavy atom. The number of fused-ring (bicyclic) bond motifs is 1. The van der Waals surface area contributed by atoms with Gasteiger partial charge in [0.1, 0.15) is 18.2 Å². The lowest BCUT2D eigenvalue weighted by Gasteiger charge is -2.21. The molecule has 1 unspecified atom stereocenters. The van der Waals surface area contributed by atoms with Crippen LogP contribution in [0.4, 0.5) is 0 Å². The third kappa shape index (κ3) is 6.29. The number of esters is 1. The summed E-state index contributed by atoms with van der Waals surface area (Å²) < 4.78 is 19.0. The van der Waals surface area contributed by atoms with Gasteiger partial charge in [-0.3, -0.25) is 24.0 Å². The second-order valence-corrected chi connectivity index (χ2v) is 9.00. The average Bonchev–Trinajstić information content (AvgIpc) is 2.96. The Bertz CT molecular complexity index is 1090. The number of hydrogen-bond donors (Lipinski definition) is 1. The maximum atomic E-state index is 12.8. The molecule has 10 nitrogen and oxygen atoms in total. The van der Waals surface area contributed by atoms with Crippen molar-refractivity contribution in [3.63, 3.8) is 0 Å². The van der Waals surface area contributed by atoms with Crippen molar-refractivity contribution in [2.45, 2.75) is 51.7 Å². The molecule has 0 radical (unpaired) electrons. The number of imidazole rings is 1. The summed E-state index contributed by atoms with van der Waals surface area (Å²) >= 11 is 0. The molecule has 0 bridgehead atoms. The molecular weight excluding hydrogens is 430 g/mol. The molecule has 2 aromatic rings. The smallest absolute Gasteiger partial charge is 0.332 e. The number of ether oxygens (including phenoxy) is 3. The second-order valence-electron chi connectivity index (χ2n) is 9.00. The van der Waals surface area contributed by atoms with Crippen LogP contribution in [0.2, 0.25) is 0 Å². The van der Waals surface area contributed by atoms with Crippen molar-refractivity contribution >= 4 is 28.8 Å². The standard InChI is InChI=1S/C23H31N3O7/c1-23(2,3)33-20(28)14-32-12-11-31-10-9-15-5-6-16-18(13-15)25(4)22(30)26(16)17-7-8-19(27)24-21(17)29/h5-6,13,17H,7-12,14H2,1-4H3,(H,24,27,29). The number of nitrogens with zero attached hydrogens (tertiary/aromatic N) is 2. The number of aryl methyl sites for hydroxylation is 1. The van der Waals surface area contributed by atoms with Crippen molar-refractivity contribution in [1.82, 2.24) is 14.5 Å². The van der Waals surface area contributed by atoms with E-state index in [2.05, 4.69) is 5.32 Å². The van der Waals surface area contributed by atoms with Gasteiger partial charge in [0.2, 0.25) is 11.8 Å². The molecule has 1 aromatic carbocycles. The number of carbonyl (C=O) groups excluding carboxylic acids is 3. The molecule has 0 aliphatic carbocycles. The van der Waals surface area contributed by atoms with Crippen LogP contribution < -0.4 is 11.0 Å². The highest BCUT2D eigenvalue weighted by atomic mass is 16.6. The lowest BCUT2D eigenvalue weighted by molar-refractivity contribution is -0.160. The summed E-state index contributed by atoms with van der Waals surface area (Å²) in [6.45, 7) is 6.35. The first-order valence-corrected chi connectivity index (χ1v) is 11.0. The van der Waals surface area contributed by atoms with Gasteiger partial charge in [0, 0.05) is 13.5 Å². The monoisotopic (exact) mass is 461 g/mol. The zero-order valence-electron chi connectivity index (χ0n) is 19.5. The molecular formula is C23H31N3O7. The molecule has 1 aliphatic rings. The fourth-order valence-corrected chi connectivity index (χ4v) is 3.73. The van der Waals surface area contributed by atoms with E-state index >= 15 is 0 Å². The largest absolute Gasteiger partial charge is 0.458 e. The molecule has 1 saturated heterocycles. The summed E-state index contributed by atoms with van der Waals surface area (Å²) in [5.41, 5.74) is 1.51. The van der Waals surface area contributed by atoms with Crippen LogP contribution in [0.1, 0.15) is 45.2 Å². The van der Waals surface area contributed by atoms with Crippen molar-refractivity contribution in [1.29, 1.82) is 0 Å². The first kappa shape index (κ1) is 24.7. The van der Waals surface area contributed by atoms with E-state index in [1.165, 1.54) is 9.13 Å². The summed E-state index contributed by atoms with van der Waals surface area (Å²) in [5, 5.41) is 2.31. The van der Waals surface area contributed by atoms with Crippen molar-refractivity contribution in [2.24, 2.45) is 7.05 Å². The van der Waals surface area contributed by atoms with Crippen molar-refractivity contribution in [2.75, 3.05) is 26.4 Å². The maximum Gasteiger partial charge on any atom is 0.332 e. The number of benzene rings is 1.